The van der Waals surface area contributed by atoms with Crippen LogP contribution in [0.1, 0.15) is 30.1 Å². The van der Waals surface area contributed by atoms with Gasteiger partial charge in [0.05, 0.1) is 5.56 Å². The molecule has 0 aliphatic rings. The van der Waals surface area contributed by atoms with E-state index in [-0.39, 0.29) is 17.4 Å². The van der Waals surface area contributed by atoms with Crippen LogP contribution in [0.4, 0.5) is 5.69 Å². The van der Waals surface area contributed by atoms with E-state index in [9.17, 15) is 9.59 Å². The monoisotopic (exact) mass is 250 g/mol. The Hall–Kier alpha value is -1.88. The fourth-order valence-electron chi connectivity index (χ4n) is 1.55. The van der Waals surface area contributed by atoms with Gasteiger partial charge in [0.15, 0.2) is 0 Å². The molecule has 98 valence electrons. The molecular formula is C13H18N2O3. The molecule has 0 saturated heterocycles. The molecule has 0 bridgehead atoms. The molecule has 0 aliphatic heterocycles. The van der Waals surface area contributed by atoms with Crippen LogP contribution in [-0.2, 0) is 4.79 Å². The van der Waals surface area contributed by atoms with Gasteiger partial charge in [-0.15, -0.1) is 0 Å². The minimum Gasteiger partial charge on any atom is -0.478 e. The van der Waals surface area contributed by atoms with Crippen molar-refractivity contribution >= 4 is 17.6 Å². The van der Waals surface area contributed by atoms with Gasteiger partial charge >= 0.3 is 5.97 Å². The van der Waals surface area contributed by atoms with E-state index in [1.807, 2.05) is 6.92 Å². The van der Waals surface area contributed by atoms with Crippen LogP contribution in [0.3, 0.4) is 0 Å². The number of anilines is 1. The molecule has 0 aromatic heterocycles. The van der Waals surface area contributed by atoms with E-state index in [1.54, 1.807) is 12.1 Å². The number of carboxylic acid groups (broad SMARTS) is 1. The summed E-state index contributed by atoms with van der Waals surface area (Å²) in [6, 6.07) is 6.19. The van der Waals surface area contributed by atoms with E-state index in [1.165, 1.54) is 12.1 Å². The first-order valence-corrected chi connectivity index (χ1v) is 5.89. The Kier molecular flexibility index (Phi) is 5.32. The van der Waals surface area contributed by atoms with Gasteiger partial charge in [-0.1, -0.05) is 13.0 Å². The quantitative estimate of drug-likeness (QED) is 0.716. The minimum absolute atomic E-state index is 0.119. The Balaban J connectivity index is 2.64. The summed E-state index contributed by atoms with van der Waals surface area (Å²) in [6.45, 7) is 2.39. The molecule has 1 atom stereocenters. The lowest BCUT2D eigenvalue weighted by molar-refractivity contribution is -0.119. The Morgan fingerprint density at radius 3 is 2.78 bits per heavy atom. The van der Waals surface area contributed by atoms with Gasteiger partial charge in [0.25, 0.3) is 0 Å². The maximum atomic E-state index is 11.8. The summed E-state index contributed by atoms with van der Waals surface area (Å²) in [5.74, 6) is -1.27. The Morgan fingerprint density at radius 1 is 1.44 bits per heavy atom. The lowest BCUT2D eigenvalue weighted by Gasteiger charge is -2.11. The summed E-state index contributed by atoms with van der Waals surface area (Å²) < 4.78 is 0. The molecule has 1 aromatic carbocycles. The molecule has 0 heterocycles. The van der Waals surface area contributed by atoms with Crippen molar-refractivity contribution in [2.75, 3.05) is 11.9 Å². The number of nitrogens with two attached hydrogens (primary N) is 1. The lowest BCUT2D eigenvalue weighted by atomic mass is 10.0. The van der Waals surface area contributed by atoms with Gasteiger partial charge in [-0.3, -0.25) is 4.79 Å². The number of carbonyl (C=O) groups is 2. The topological polar surface area (TPSA) is 92.4 Å². The summed E-state index contributed by atoms with van der Waals surface area (Å²) in [4.78, 5) is 22.6. The Morgan fingerprint density at radius 2 is 2.17 bits per heavy atom. The smallest absolute Gasteiger partial charge is 0.335 e. The van der Waals surface area contributed by atoms with Crippen LogP contribution in [0.15, 0.2) is 24.3 Å². The third kappa shape index (κ3) is 4.18. The van der Waals surface area contributed by atoms with Gasteiger partial charge in [-0.2, -0.15) is 0 Å². The standard InChI is InChI=1S/C13H18N2O3/c1-9(4-3-7-14)12(16)15-11-6-2-5-10(8-11)13(17)18/h2,5-6,8-9H,3-4,7,14H2,1H3,(H,15,16)(H,17,18). The molecule has 0 spiro atoms. The van der Waals surface area contributed by atoms with Crippen molar-refractivity contribution in [2.45, 2.75) is 19.8 Å². The van der Waals surface area contributed by atoms with Crippen molar-refractivity contribution in [2.24, 2.45) is 11.7 Å². The molecule has 1 amide bonds. The number of carbonyl (C=O) groups excluding carboxylic acids is 1. The van der Waals surface area contributed by atoms with Gasteiger partial charge in [0.1, 0.15) is 0 Å². The second-order valence-electron chi connectivity index (χ2n) is 4.21. The van der Waals surface area contributed by atoms with Gasteiger partial charge < -0.3 is 16.2 Å². The minimum atomic E-state index is -1.01. The zero-order valence-electron chi connectivity index (χ0n) is 10.3. The lowest BCUT2D eigenvalue weighted by Crippen LogP contribution is -2.21. The van der Waals surface area contributed by atoms with Crippen molar-refractivity contribution in [1.29, 1.82) is 0 Å². The number of carboxylic acids is 1. The van der Waals surface area contributed by atoms with Crippen molar-refractivity contribution < 1.29 is 14.7 Å². The van der Waals surface area contributed by atoms with Crippen LogP contribution in [0.25, 0.3) is 0 Å². The maximum absolute atomic E-state index is 11.8. The molecule has 1 rings (SSSR count). The first-order chi connectivity index (χ1) is 8.54. The highest BCUT2D eigenvalue weighted by Gasteiger charge is 2.13. The van der Waals surface area contributed by atoms with Gasteiger partial charge in [0, 0.05) is 11.6 Å². The predicted molar refractivity (Wildman–Crippen MR) is 69.5 cm³/mol. The molecule has 1 unspecified atom stereocenters. The molecule has 0 fully saturated rings. The molecule has 1 aromatic rings. The molecule has 0 aliphatic carbocycles. The molecular weight excluding hydrogens is 232 g/mol. The van der Waals surface area contributed by atoms with E-state index in [0.29, 0.717) is 12.2 Å². The number of hydrogen-bond acceptors (Lipinski definition) is 3. The normalized spacial score (nSPS) is 11.9. The number of aromatic carboxylic acids is 1. The summed E-state index contributed by atoms with van der Waals surface area (Å²) in [6.07, 6.45) is 1.52. The zero-order chi connectivity index (χ0) is 13.5. The van der Waals surface area contributed by atoms with Crippen LogP contribution in [0, 0.1) is 5.92 Å². The molecule has 18 heavy (non-hydrogen) atoms. The third-order valence-corrected chi connectivity index (χ3v) is 2.67. The van der Waals surface area contributed by atoms with Crippen LogP contribution >= 0.6 is 0 Å². The van der Waals surface area contributed by atoms with Gasteiger partial charge in [0.2, 0.25) is 5.91 Å². The van der Waals surface area contributed by atoms with E-state index in [4.69, 9.17) is 10.8 Å². The van der Waals surface area contributed by atoms with Crippen LogP contribution in [-0.4, -0.2) is 23.5 Å². The SMILES string of the molecule is CC(CCCN)C(=O)Nc1cccc(C(=O)O)c1. The van der Waals surface area contributed by atoms with E-state index in [0.717, 1.165) is 12.8 Å². The third-order valence-electron chi connectivity index (χ3n) is 2.67. The molecule has 4 N–H and O–H groups in total. The first-order valence-electron chi connectivity index (χ1n) is 5.89. The van der Waals surface area contributed by atoms with Gasteiger partial charge in [-0.25, -0.2) is 4.79 Å². The van der Waals surface area contributed by atoms with Crippen molar-refractivity contribution in [1.82, 2.24) is 0 Å². The highest BCUT2D eigenvalue weighted by atomic mass is 16.4. The summed E-state index contributed by atoms with van der Waals surface area (Å²) >= 11 is 0. The van der Waals surface area contributed by atoms with Gasteiger partial charge in [-0.05, 0) is 37.6 Å². The second-order valence-corrected chi connectivity index (χ2v) is 4.21. The zero-order valence-corrected chi connectivity index (χ0v) is 10.3. The van der Waals surface area contributed by atoms with E-state index in [2.05, 4.69) is 5.32 Å². The average Bonchev–Trinajstić information content (AvgIpc) is 2.36. The van der Waals surface area contributed by atoms with Crippen LogP contribution < -0.4 is 11.1 Å². The van der Waals surface area contributed by atoms with Crippen molar-refractivity contribution in [3.63, 3.8) is 0 Å². The summed E-state index contributed by atoms with van der Waals surface area (Å²) in [5.41, 5.74) is 6.04. The molecule has 0 radical (unpaired) electrons. The average molecular weight is 250 g/mol. The summed E-state index contributed by atoms with van der Waals surface area (Å²) in [5, 5.41) is 11.5. The number of rotatable bonds is 6. The Labute approximate surface area is 106 Å². The molecule has 5 nitrogen and oxygen atoms in total. The fraction of sp³-hybridized carbons (Fsp3) is 0.385. The van der Waals surface area contributed by atoms with Crippen molar-refractivity contribution in [3.8, 4) is 0 Å². The number of benzene rings is 1. The number of nitrogens with one attached hydrogen (secondary N) is 1. The predicted octanol–water partition coefficient (Wildman–Crippen LogP) is 1.70. The molecule has 0 saturated carbocycles. The second kappa shape index (κ2) is 6.76. The molecule has 5 heteroatoms. The van der Waals surface area contributed by atoms with E-state index >= 15 is 0 Å². The largest absolute Gasteiger partial charge is 0.478 e. The fourth-order valence-corrected chi connectivity index (χ4v) is 1.55. The maximum Gasteiger partial charge on any atom is 0.335 e. The van der Waals surface area contributed by atoms with Crippen LogP contribution in [0.2, 0.25) is 0 Å². The summed E-state index contributed by atoms with van der Waals surface area (Å²) in [7, 11) is 0. The highest BCUT2D eigenvalue weighted by molar-refractivity contribution is 5.94. The Bertz CT molecular complexity index is 432. The van der Waals surface area contributed by atoms with E-state index < -0.39 is 5.97 Å². The van der Waals surface area contributed by atoms with Crippen LogP contribution in [0.5, 0.6) is 0 Å². The first kappa shape index (κ1) is 14.2. The number of amides is 1. The van der Waals surface area contributed by atoms with Crippen molar-refractivity contribution in [3.05, 3.63) is 29.8 Å². The number of hydrogen-bond donors (Lipinski definition) is 3. The highest BCUT2D eigenvalue weighted by Crippen LogP contribution is 2.13.